The number of nitrogens with zero attached hydrogens (tertiary/aromatic N) is 7. The Morgan fingerprint density at radius 3 is 2.75 bits per heavy atom. The molecule has 4 aromatic rings. The Hall–Kier alpha value is -3.47. The van der Waals surface area contributed by atoms with Crippen LogP contribution in [0, 0.1) is 0 Å². The molecule has 186 valence electrons. The number of anilines is 2. The Labute approximate surface area is 209 Å². The van der Waals surface area contributed by atoms with Gasteiger partial charge in [-0.15, -0.1) is 5.10 Å². The van der Waals surface area contributed by atoms with Gasteiger partial charge in [-0.25, -0.2) is 4.98 Å². The van der Waals surface area contributed by atoms with E-state index in [1.807, 2.05) is 41.5 Å². The normalized spacial score (nSPS) is 18.6. The number of fused-ring (bicyclic) bond motifs is 1. The summed E-state index contributed by atoms with van der Waals surface area (Å²) in [7, 11) is 0. The minimum absolute atomic E-state index is 0.373. The van der Waals surface area contributed by atoms with E-state index in [0.29, 0.717) is 17.6 Å². The molecule has 0 aliphatic carbocycles. The van der Waals surface area contributed by atoms with Crippen molar-refractivity contribution in [2.75, 3.05) is 51.4 Å². The lowest BCUT2D eigenvalue weighted by molar-refractivity contribution is 0.0368. The number of nitrogens with one attached hydrogen (secondary N) is 1. The standard InChI is InChI=1S/C26H30N8O2/c1(5-33-7-10-35-11-8-33)6-34-17-22(16-29-34)20-12-24-23(27-14-20)2-3-25(30-24)31-26-13-21(15-28-32-26)19-4-9-36-18-19/h2-3,12-17,19H,1,4-11,18H2,(H,30,31,32). The van der Waals surface area contributed by atoms with Gasteiger partial charge in [0.15, 0.2) is 5.82 Å². The maximum atomic E-state index is 5.51. The van der Waals surface area contributed by atoms with Crippen LogP contribution in [0.4, 0.5) is 11.6 Å². The Morgan fingerprint density at radius 1 is 0.917 bits per heavy atom. The zero-order chi connectivity index (χ0) is 24.2. The van der Waals surface area contributed by atoms with Gasteiger partial charge in [0, 0.05) is 62.2 Å². The SMILES string of the molecule is c1nc2ccc(Nc3cc(C4CCOC4)cnn3)nc2cc1-c1cnn(CCCN2CCOCC2)c1. The summed E-state index contributed by atoms with van der Waals surface area (Å²) >= 11 is 0. The fraction of sp³-hybridized carbons (Fsp3) is 0.423. The number of ether oxygens (including phenoxy) is 2. The Kier molecular flexibility index (Phi) is 6.79. The van der Waals surface area contributed by atoms with Crippen LogP contribution in [-0.2, 0) is 16.0 Å². The van der Waals surface area contributed by atoms with Crippen molar-refractivity contribution in [3.8, 4) is 11.1 Å². The van der Waals surface area contributed by atoms with Gasteiger partial charge in [-0.1, -0.05) is 0 Å². The molecule has 0 amide bonds. The number of morpholine rings is 1. The molecular formula is C26H30N8O2. The van der Waals surface area contributed by atoms with Gasteiger partial charge in [-0.3, -0.25) is 14.6 Å². The summed E-state index contributed by atoms with van der Waals surface area (Å²) < 4.78 is 12.9. The minimum Gasteiger partial charge on any atom is -0.381 e. The van der Waals surface area contributed by atoms with Gasteiger partial charge in [0.2, 0.25) is 0 Å². The summed E-state index contributed by atoms with van der Waals surface area (Å²) in [5.74, 6) is 1.75. The Bertz CT molecular complexity index is 1310. The molecule has 2 fully saturated rings. The molecule has 10 heteroatoms. The third-order valence-corrected chi connectivity index (χ3v) is 6.80. The van der Waals surface area contributed by atoms with E-state index in [1.54, 1.807) is 0 Å². The predicted molar refractivity (Wildman–Crippen MR) is 136 cm³/mol. The van der Waals surface area contributed by atoms with Gasteiger partial charge in [-0.05, 0) is 42.7 Å². The molecule has 0 saturated carbocycles. The summed E-state index contributed by atoms with van der Waals surface area (Å²) in [5, 5.41) is 16.2. The number of aromatic nitrogens is 6. The molecule has 6 heterocycles. The first kappa shape index (κ1) is 23.0. The average molecular weight is 487 g/mol. The molecule has 1 atom stereocenters. The smallest absolute Gasteiger partial charge is 0.154 e. The van der Waals surface area contributed by atoms with Crippen molar-refractivity contribution in [1.29, 1.82) is 0 Å². The highest BCUT2D eigenvalue weighted by molar-refractivity contribution is 5.81. The first-order valence-corrected chi connectivity index (χ1v) is 12.6. The molecule has 1 unspecified atom stereocenters. The molecule has 1 N–H and O–H groups in total. The van der Waals surface area contributed by atoms with Crippen molar-refractivity contribution in [2.24, 2.45) is 0 Å². The van der Waals surface area contributed by atoms with Crippen LogP contribution in [0.5, 0.6) is 0 Å². The van der Waals surface area contributed by atoms with E-state index in [9.17, 15) is 0 Å². The first-order valence-electron chi connectivity index (χ1n) is 12.6. The van der Waals surface area contributed by atoms with E-state index >= 15 is 0 Å². The van der Waals surface area contributed by atoms with Gasteiger partial charge in [-0.2, -0.15) is 10.2 Å². The van der Waals surface area contributed by atoms with Gasteiger partial charge < -0.3 is 14.8 Å². The lowest BCUT2D eigenvalue weighted by Crippen LogP contribution is -2.37. The summed E-state index contributed by atoms with van der Waals surface area (Å²) in [6.45, 7) is 7.19. The number of rotatable bonds is 8. The quantitative estimate of drug-likeness (QED) is 0.402. The number of pyridine rings is 2. The van der Waals surface area contributed by atoms with Crippen LogP contribution in [0.25, 0.3) is 22.2 Å². The molecule has 2 aliphatic heterocycles. The van der Waals surface area contributed by atoms with E-state index in [0.717, 1.165) is 93.2 Å². The van der Waals surface area contributed by atoms with Crippen LogP contribution >= 0.6 is 0 Å². The van der Waals surface area contributed by atoms with Crippen LogP contribution in [0.15, 0.2) is 49.1 Å². The van der Waals surface area contributed by atoms with Crippen molar-refractivity contribution in [3.63, 3.8) is 0 Å². The minimum atomic E-state index is 0.373. The molecule has 36 heavy (non-hydrogen) atoms. The number of hydrogen-bond acceptors (Lipinski definition) is 9. The van der Waals surface area contributed by atoms with E-state index in [4.69, 9.17) is 14.5 Å². The van der Waals surface area contributed by atoms with E-state index in [-0.39, 0.29) is 0 Å². The molecule has 0 spiro atoms. The van der Waals surface area contributed by atoms with E-state index in [1.165, 1.54) is 0 Å². The summed E-state index contributed by atoms with van der Waals surface area (Å²) in [5.41, 5.74) is 4.82. The molecule has 6 rings (SSSR count). The Morgan fingerprint density at radius 2 is 1.86 bits per heavy atom. The van der Waals surface area contributed by atoms with Crippen LogP contribution < -0.4 is 5.32 Å². The molecule has 4 aromatic heterocycles. The number of aryl methyl sites for hydroxylation is 1. The molecule has 0 bridgehead atoms. The fourth-order valence-corrected chi connectivity index (χ4v) is 4.74. The van der Waals surface area contributed by atoms with Crippen LogP contribution in [-0.4, -0.2) is 80.9 Å². The molecule has 0 aromatic carbocycles. The highest BCUT2D eigenvalue weighted by Gasteiger charge is 2.19. The van der Waals surface area contributed by atoms with Crippen LogP contribution in [0.1, 0.15) is 24.3 Å². The van der Waals surface area contributed by atoms with Gasteiger partial charge in [0.1, 0.15) is 5.82 Å². The largest absolute Gasteiger partial charge is 0.381 e. The monoisotopic (exact) mass is 486 g/mol. The molecule has 0 radical (unpaired) electrons. The van der Waals surface area contributed by atoms with Crippen molar-refractivity contribution in [2.45, 2.75) is 25.3 Å². The second-order valence-electron chi connectivity index (χ2n) is 9.32. The van der Waals surface area contributed by atoms with E-state index in [2.05, 4.69) is 42.8 Å². The lowest BCUT2D eigenvalue weighted by atomic mass is 10.0. The third kappa shape index (κ3) is 5.35. The van der Waals surface area contributed by atoms with Crippen molar-refractivity contribution >= 4 is 22.7 Å². The predicted octanol–water partition coefficient (Wildman–Crippen LogP) is 3.25. The van der Waals surface area contributed by atoms with Gasteiger partial charge in [0.25, 0.3) is 0 Å². The van der Waals surface area contributed by atoms with Crippen LogP contribution in [0.2, 0.25) is 0 Å². The zero-order valence-corrected chi connectivity index (χ0v) is 20.2. The molecule has 10 nitrogen and oxygen atoms in total. The van der Waals surface area contributed by atoms with Crippen molar-refractivity contribution in [1.82, 2.24) is 34.8 Å². The maximum Gasteiger partial charge on any atom is 0.154 e. The second-order valence-corrected chi connectivity index (χ2v) is 9.32. The first-order chi connectivity index (χ1) is 17.8. The summed E-state index contributed by atoms with van der Waals surface area (Å²) in [4.78, 5) is 11.8. The number of hydrogen-bond donors (Lipinski definition) is 1. The average Bonchev–Trinajstić information content (AvgIpc) is 3.62. The summed E-state index contributed by atoms with van der Waals surface area (Å²) in [6.07, 6.45) is 9.75. The Balaban J connectivity index is 1.13. The highest BCUT2D eigenvalue weighted by atomic mass is 16.5. The topological polar surface area (TPSA) is 103 Å². The summed E-state index contributed by atoms with van der Waals surface area (Å²) in [6, 6.07) is 7.96. The maximum absolute atomic E-state index is 5.51. The lowest BCUT2D eigenvalue weighted by Gasteiger charge is -2.26. The third-order valence-electron chi connectivity index (χ3n) is 6.80. The second kappa shape index (κ2) is 10.7. The van der Waals surface area contributed by atoms with Gasteiger partial charge in [0.05, 0.1) is 43.2 Å². The molecule has 2 saturated heterocycles. The van der Waals surface area contributed by atoms with Crippen molar-refractivity contribution in [3.05, 3.63) is 54.6 Å². The highest BCUT2D eigenvalue weighted by Crippen LogP contribution is 2.27. The van der Waals surface area contributed by atoms with E-state index < -0.39 is 0 Å². The van der Waals surface area contributed by atoms with Crippen molar-refractivity contribution < 1.29 is 9.47 Å². The molecule has 2 aliphatic rings. The fourth-order valence-electron chi connectivity index (χ4n) is 4.74. The van der Waals surface area contributed by atoms with Gasteiger partial charge >= 0.3 is 0 Å². The zero-order valence-electron chi connectivity index (χ0n) is 20.2. The van der Waals surface area contributed by atoms with Crippen LogP contribution in [0.3, 0.4) is 0 Å². The molecular weight excluding hydrogens is 456 g/mol.